The van der Waals surface area contributed by atoms with Crippen LogP contribution in [0.25, 0.3) is 5.69 Å². The summed E-state index contributed by atoms with van der Waals surface area (Å²) < 4.78 is 6.77. The number of aromatic nitrogens is 2. The zero-order valence-electron chi connectivity index (χ0n) is 17.8. The molecular weight excluding hydrogens is 380 g/mol. The summed E-state index contributed by atoms with van der Waals surface area (Å²) in [5.74, 6) is 1.10. The predicted octanol–water partition coefficient (Wildman–Crippen LogP) is 4.40. The van der Waals surface area contributed by atoms with Gasteiger partial charge in [0.2, 0.25) is 0 Å². The molecule has 1 saturated carbocycles. The number of esters is 1. The molecule has 160 valence electrons. The van der Waals surface area contributed by atoms with Gasteiger partial charge in [0.05, 0.1) is 24.2 Å². The minimum atomic E-state index is -0.369. The van der Waals surface area contributed by atoms with Crippen LogP contribution in [-0.4, -0.2) is 46.4 Å². The van der Waals surface area contributed by atoms with E-state index in [4.69, 9.17) is 4.74 Å². The number of piperidine rings is 1. The lowest BCUT2D eigenvalue weighted by Gasteiger charge is -2.41. The number of anilines is 1. The number of amides is 2. The smallest absolute Gasteiger partial charge is 0.341 e. The first-order chi connectivity index (χ1) is 14.6. The third-order valence-corrected chi connectivity index (χ3v) is 6.45. The zero-order valence-corrected chi connectivity index (χ0v) is 17.8. The minimum absolute atomic E-state index is 0.0216. The van der Waals surface area contributed by atoms with E-state index >= 15 is 0 Å². The Hall–Kier alpha value is -2.83. The van der Waals surface area contributed by atoms with E-state index in [2.05, 4.69) is 10.4 Å². The molecule has 1 aromatic carbocycles. The summed E-state index contributed by atoms with van der Waals surface area (Å²) in [6.07, 6.45) is 7.86. The molecule has 0 radical (unpaired) electrons. The minimum Gasteiger partial charge on any atom is -0.462 e. The van der Waals surface area contributed by atoms with Crippen molar-refractivity contribution in [3.8, 4) is 5.69 Å². The van der Waals surface area contributed by atoms with Gasteiger partial charge >= 0.3 is 12.0 Å². The number of rotatable bonds is 4. The first-order valence-electron chi connectivity index (χ1n) is 10.9. The Bertz CT molecular complexity index is 906. The summed E-state index contributed by atoms with van der Waals surface area (Å²) in [6, 6.07) is 7.49. The van der Waals surface area contributed by atoms with E-state index in [-0.39, 0.29) is 12.0 Å². The lowest BCUT2D eigenvalue weighted by atomic mass is 9.75. The second kappa shape index (κ2) is 8.90. The molecule has 0 spiro atoms. The van der Waals surface area contributed by atoms with E-state index in [0.717, 1.165) is 42.5 Å². The summed E-state index contributed by atoms with van der Waals surface area (Å²) in [7, 11) is 0. The van der Waals surface area contributed by atoms with Crippen LogP contribution in [0.1, 0.15) is 55.1 Å². The van der Waals surface area contributed by atoms with Crippen molar-refractivity contribution in [2.45, 2.75) is 46.0 Å². The van der Waals surface area contributed by atoms with E-state index in [1.165, 1.54) is 31.9 Å². The standard InChI is InChI=1S/C23H30N4O3/c1-3-30-22(28)21-14-24-27(16(21)2)20-10-8-19(9-11-20)25-23(29)26-13-12-17-6-4-5-7-18(17)15-26/h8-11,14,17-18H,3-7,12-13,15H2,1-2H3,(H,25,29)/t17-,18+/m1/s1. The molecule has 2 aromatic rings. The van der Waals surface area contributed by atoms with Crippen molar-refractivity contribution in [2.24, 2.45) is 11.8 Å². The summed E-state index contributed by atoms with van der Waals surface area (Å²) in [6.45, 7) is 5.66. The molecule has 2 amide bonds. The number of ether oxygens (including phenoxy) is 1. The predicted molar refractivity (Wildman–Crippen MR) is 115 cm³/mol. The van der Waals surface area contributed by atoms with E-state index in [1.807, 2.05) is 36.1 Å². The van der Waals surface area contributed by atoms with Crippen LogP contribution in [0.5, 0.6) is 0 Å². The van der Waals surface area contributed by atoms with Gasteiger partial charge in [-0.05, 0) is 62.8 Å². The number of hydrogen-bond donors (Lipinski definition) is 1. The second-order valence-corrected chi connectivity index (χ2v) is 8.29. The quantitative estimate of drug-likeness (QED) is 0.758. The Morgan fingerprint density at radius 1 is 1.13 bits per heavy atom. The molecule has 1 N–H and O–H groups in total. The van der Waals surface area contributed by atoms with Gasteiger partial charge in [0.1, 0.15) is 5.56 Å². The maximum absolute atomic E-state index is 12.7. The van der Waals surface area contributed by atoms with Gasteiger partial charge in [-0.25, -0.2) is 14.3 Å². The molecule has 1 aliphatic carbocycles. The van der Waals surface area contributed by atoms with Crippen molar-refractivity contribution in [3.63, 3.8) is 0 Å². The fourth-order valence-corrected chi connectivity index (χ4v) is 4.75. The van der Waals surface area contributed by atoms with Gasteiger partial charge in [-0.15, -0.1) is 0 Å². The first kappa shape index (κ1) is 20.4. The van der Waals surface area contributed by atoms with E-state index in [1.54, 1.807) is 11.6 Å². The average Bonchev–Trinajstić information content (AvgIpc) is 3.15. The fourth-order valence-electron chi connectivity index (χ4n) is 4.75. The number of carbonyl (C=O) groups excluding carboxylic acids is 2. The molecule has 7 nitrogen and oxygen atoms in total. The highest BCUT2D eigenvalue weighted by atomic mass is 16.5. The summed E-state index contributed by atoms with van der Waals surface area (Å²) in [5.41, 5.74) is 2.76. The van der Waals surface area contributed by atoms with E-state index < -0.39 is 0 Å². The average molecular weight is 411 g/mol. The lowest BCUT2D eigenvalue weighted by Crippen LogP contribution is -2.46. The number of benzene rings is 1. The molecule has 1 saturated heterocycles. The zero-order chi connectivity index (χ0) is 21.1. The number of nitrogens with zero attached hydrogens (tertiary/aromatic N) is 3. The van der Waals surface area contributed by atoms with E-state index in [0.29, 0.717) is 18.1 Å². The van der Waals surface area contributed by atoms with Crippen LogP contribution in [0.4, 0.5) is 10.5 Å². The second-order valence-electron chi connectivity index (χ2n) is 8.29. The van der Waals surface area contributed by atoms with Gasteiger partial charge < -0.3 is 15.0 Å². The van der Waals surface area contributed by atoms with Gasteiger partial charge in [0.25, 0.3) is 0 Å². The molecule has 1 aromatic heterocycles. The number of hydrogen-bond acceptors (Lipinski definition) is 4. The Kier molecular flexibility index (Phi) is 6.06. The molecule has 2 fully saturated rings. The highest BCUT2D eigenvalue weighted by Gasteiger charge is 2.32. The highest BCUT2D eigenvalue weighted by molar-refractivity contribution is 5.91. The number of fused-ring (bicyclic) bond motifs is 1. The van der Waals surface area contributed by atoms with Gasteiger partial charge in [0, 0.05) is 18.8 Å². The largest absolute Gasteiger partial charge is 0.462 e. The summed E-state index contributed by atoms with van der Waals surface area (Å²) >= 11 is 0. The molecule has 2 aliphatic rings. The number of likely N-dealkylation sites (tertiary alicyclic amines) is 1. The molecule has 30 heavy (non-hydrogen) atoms. The summed E-state index contributed by atoms with van der Waals surface area (Å²) in [4.78, 5) is 26.7. The summed E-state index contributed by atoms with van der Waals surface area (Å²) in [5, 5.41) is 7.34. The maximum atomic E-state index is 12.7. The van der Waals surface area contributed by atoms with Crippen molar-refractivity contribution in [2.75, 3.05) is 25.0 Å². The lowest BCUT2D eigenvalue weighted by molar-refractivity contribution is 0.0525. The van der Waals surface area contributed by atoms with Gasteiger partial charge in [-0.3, -0.25) is 0 Å². The van der Waals surface area contributed by atoms with E-state index in [9.17, 15) is 9.59 Å². The normalized spacial score (nSPS) is 21.1. The van der Waals surface area contributed by atoms with Crippen molar-refractivity contribution in [1.29, 1.82) is 0 Å². The molecule has 0 unspecified atom stereocenters. The van der Waals surface area contributed by atoms with Crippen LogP contribution in [0.15, 0.2) is 30.5 Å². The van der Waals surface area contributed by atoms with Crippen molar-refractivity contribution >= 4 is 17.7 Å². The molecule has 1 aliphatic heterocycles. The number of carbonyl (C=O) groups is 2. The monoisotopic (exact) mass is 410 g/mol. The maximum Gasteiger partial charge on any atom is 0.341 e. The van der Waals surface area contributed by atoms with Crippen LogP contribution >= 0.6 is 0 Å². The molecule has 2 atom stereocenters. The Balaban J connectivity index is 1.39. The Morgan fingerprint density at radius 2 is 1.87 bits per heavy atom. The molecular formula is C23H30N4O3. The fraction of sp³-hybridized carbons (Fsp3) is 0.522. The number of urea groups is 1. The van der Waals surface area contributed by atoms with Crippen LogP contribution in [-0.2, 0) is 4.74 Å². The van der Waals surface area contributed by atoms with Crippen LogP contribution < -0.4 is 5.32 Å². The van der Waals surface area contributed by atoms with Crippen LogP contribution in [0, 0.1) is 18.8 Å². The highest BCUT2D eigenvalue weighted by Crippen LogP contribution is 2.36. The van der Waals surface area contributed by atoms with Crippen molar-refractivity contribution in [1.82, 2.24) is 14.7 Å². The third kappa shape index (κ3) is 4.20. The third-order valence-electron chi connectivity index (χ3n) is 6.45. The Morgan fingerprint density at radius 3 is 2.60 bits per heavy atom. The number of nitrogens with one attached hydrogen (secondary N) is 1. The van der Waals surface area contributed by atoms with Gasteiger partial charge in [-0.2, -0.15) is 5.10 Å². The van der Waals surface area contributed by atoms with Gasteiger partial charge in [0.15, 0.2) is 0 Å². The van der Waals surface area contributed by atoms with Crippen LogP contribution in [0.3, 0.4) is 0 Å². The van der Waals surface area contributed by atoms with Crippen LogP contribution in [0.2, 0.25) is 0 Å². The molecule has 2 heterocycles. The van der Waals surface area contributed by atoms with Crippen molar-refractivity contribution < 1.29 is 14.3 Å². The molecule has 7 heteroatoms. The van der Waals surface area contributed by atoms with Gasteiger partial charge in [-0.1, -0.05) is 19.3 Å². The molecule has 0 bridgehead atoms. The first-order valence-corrected chi connectivity index (χ1v) is 10.9. The molecule has 4 rings (SSSR count). The Labute approximate surface area is 177 Å². The van der Waals surface area contributed by atoms with Crippen molar-refractivity contribution in [3.05, 3.63) is 41.7 Å². The SMILES string of the molecule is CCOC(=O)c1cnn(-c2ccc(NC(=O)N3CC[C@H]4CCCC[C@H]4C3)cc2)c1C. The topological polar surface area (TPSA) is 76.5 Å².